The molecule has 0 aliphatic carbocycles. The molecule has 4 nitrogen and oxygen atoms in total. The van der Waals surface area contributed by atoms with Crippen LogP contribution in [0.15, 0.2) is 47.4 Å². The molecule has 2 rings (SSSR count). The van der Waals surface area contributed by atoms with Crippen LogP contribution in [0.25, 0.3) is 10.8 Å². The van der Waals surface area contributed by atoms with Crippen molar-refractivity contribution in [2.45, 2.75) is 23.1 Å². The average Bonchev–Trinajstić information content (AvgIpc) is 2.47. The van der Waals surface area contributed by atoms with E-state index in [2.05, 4.69) is 4.72 Å². The van der Waals surface area contributed by atoms with Crippen molar-refractivity contribution in [3.63, 3.8) is 0 Å². The van der Waals surface area contributed by atoms with Crippen LogP contribution in [0.1, 0.15) is 6.92 Å². The summed E-state index contributed by atoms with van der Waals surface area (Å²) >= 11 is 1.44. The molecular weight excluding hydrogens is 306 g/mol. The van der Waals surface area contributed by atoms with Crippen LogP contribution < -0.4 is 4.72 Å². The van der Waals surface area contributed by atoms with Crippen LogP contribution in [-0.4, -0.2) is 37.7 Å². The van der Waals surface area contributed by atoms with Crippen LogP contribution in [0.5, 0.6) is 0 Å². The van der Waals surface area contributed by atoms with Gasteiger partial charge < -0.3 is 5.11 Å². The second kappa shape index (κ2) is 6.79. The number of aliphatic hydroxyl groups excluding tert-OH is 1. The van der Waals surface area contributed by atoms with Gasteiger partial charge in [-0.05, 0) is 24.6 Å². The summed E-state index contributed by atoms with van der Waals surface area (Å²) in [4.78, 5) is 0.269. The molecular formula is C15H19NO3S2. The van der Waals surface area contributed by atoms with Crippen molar-refractivity contribution in [2.75, 3.05) is 12.9 Å². The van der Waals surface area contributed by atoms with Crippen LogP contribution in [0.3, 0.4) is 0 Å². The van der Waals surface area contributed by atoms with E-state index in [9.17, 15) is 13.5 Å². The lowest BCUT2D eigenvalue weighted by Crippen LogP contribution is -2.41. The fourth-order valence-corrected chi connectivity index (χ4v) is 4.48. The summed E-state index contributed by atoms with van der Waals surface area (Å²) in [5.41, 5.74) is 0. The molecule has 0 aromatic heterocycles. The largest absolute Gasteiger partial charge is 0.395 e. The first-order chi connectivity index (χ1) is 9.99. The van der Waals surface area contributed by atoms with Crippen LogP contribution in [0, 0.1) is 0 Å². The Bertz CT molecular complexity index is 706. The Morgan fingerprint density at radius 3 is 2.52 bits per heavy atom. The van der Waals surface area contributed by atoms with Crippen molar-refractivity contribution >= 4 is 32.6 Å². The molecule has 0 bridgehead atoms. The highest BCUT2D eigenvalue weighted by atomic mass is 32.2. The van der Waals surface area contributed by atoms with Gasteiger partial charge in [-0.3, -0.25) is 0 Å². The number of aliphatic hydroxyl groups is 1. The molecule has 2 atom stereocenters. The number of hydrogen-bond acceptors (Lipinski definition) is 4. The number of rotatable bonds is 6. The Morgan fingerprint density at radius 1 is 1.19 bits per heavy atom. The first-order valence-electron chi connectivity index (χ1n) is 6.63. The normalized spacial score (nSPS) is 15.0. The van der Waals surface area contributed by atoms with Crippen molar-refractivity contribution in [2.24, 2.45) is 0 Å². The van der Waals surface area contributed by atoms with Gasteiger partial charge in [0.05, 0.1) is 11.5 Å². The summed E-state index contributed by atoms with van der Waals surface area (Å²) in [7, 11) is -3.63. The van der Waals surface area contributed by atoms with E-state index in [0.717, 1.165) is 5.39 Å². The first kappa shape index (κ1) is 16.3. The van der Waals surface area contributed by atoms with Gasteiger partial charge in [0, 0.05) is 16.7 Å². The maximum atomic E-state index is 12.6. The fourth-order valence-electron chi connectivity index (χ4n) is 2.25. The molecule has 0 saturated carbocycles. The molecule has 21 heavy (non-hydrogen) atoms. The number of sulfonamides is 1. The molecule has 2 aromatic rings. The van der Waals surface area contributed by atoms with Crippen molar-refractivity contribution in [1.29, 1.82) is 0 Å². The number of benzene rings is 2. The van der Waals surface area contributed by atoms with E-state index < -0.39 is 10.0 Å². The molecule has 0 spiro atoms. The van der Waals surface area contributed by atoms with Crippen molar-refractivity contribution < 1.29 is 13.5 Å². The van der Waals surface area contributed by atoms with Crippen LogP contribution >= 0.6 is 11.8 Å². The van der Waals surface area contributed by atoms with Gasteiger partial charge in [-0.2, -0.15) is 11.8 Å². The van der Waals surface area contributed by atoms with E-state index >= 15 is 0 Å². The van der Waals surface area contributed by atoms with Gasteiger partial charge in [-0.1, -0.05) is 36.4 Å². The van der Waals surface area contributed by atoms with Gasteiger partial charge in [0.15, 0.2) is 0 Å². The van der Waals surface area contributed by atoms with Gasteiger partial charge in [-0.25, -0.2) is 13.1 Å². The lowest BCUT2D eigenvalue weighted by molar-refractivity contribution is 0.282. The molecule has 2 N–H and O–H groups in total. The Balaban J connectivity index is 2.38. The van der Waals surface area contributed by atoms with Crippen LogP contribution in [0.4, 0.5) is 0 Å². The van der Waals surface area contributed by atoms with Gasteiger partial charge in [0.25, 0.3) is 0 Å². The van der Waals surface area contributed by atoms with Crippen molar-refractivity contribution in [1.82, 2.24) is 4.72 Å². The lowest BCUT2D eigenvalue weighted by Gasteiger charge is -2.21. The van der Waals surface area contributed by atoms with Gasteiger partial charge in [0.1, 0.15) is 0 Å². The Labute approximate surface area is 129 Å². The Morgan fingerprint density at radius 2 is 1.86 bits per heavy atom. The third-order valence-corrected chi connectivity index (χ3v) is 6.20. The van der Waals surface area contributed by atoms with Crippen LogP contribution in [0.2, 0.25) is 0 Å². The zero-order chi connectivity index (χ0) is 15.5. The Hall–Kier alpha value is -1.08. The highest BCUT2D eigenvalue weighted by Crippen LogP contribution is 2.23. The quantitative estimate of drug-likeness (QED) is 0.855. The molecule has 0 radical (unpaired) electrons. The maximum absolute atomic E-state index is 12.6. The monoisotopic (exact) mass is 325 g/mol. The SMILES string of the molecule is CSC(CO)C(C)NS(=O)(=O)c1cccc2ccccc12. The fraction of sp³-hybridized carbons (Fsp3) is 0.333. The lowest BCUT2D eigenvalue weighted by atomic mass is 10.1. The molecule has 2 unspecified atom stereocenters. The number of fused-ring (bicyclic) bond motifs is 1. The maximum Gasteiger partial charge on any atom is 0.241 e. The predicted molar refractivity (Wildman–Crippen MR) is 88.1 cm³/mol. The van der Waals surface area contributed by atoms with E-state index in [0.29, 0.717) is 5.39 Å². The minimum Gasteiger partial charge on any atom is -0.395 e. The van der Waals surface area contributed by atoms with Crippen LogP contribution in [-0.2, 0) is 10.0 Å². The van der Waals surface area contributed by atoms with Crippen molar-refractivity contribution in [3.8, 4) is 0 Å². The van der Waals surface area contributed by atoms with E-state index in [1.165, 1.54) is 11.8 Å². The summed E-state index contributed by atoms with van der Waals surface area (Å²) in [5, 5.41) is 10.7. The zero-order valence-corrected chi connectivity index (χ0v) is 13.6. The predicted octanol–water partition coefficient (Wildman–Crippen LogP) is 2.23. The Kier molecular flexibility index (Phi) is 5.27. The standard InChI is InChI=1S/C15H19NO3S2/c1-11(14(10-17)20-2)16-21(18,19)15-9-5-7-12-6-3-4-8-13(12)15/h3-9,11,14,16-17H,10H2,1-2H3. The first-order valence-corrected chi connectivity index (χ1v) is 9.40. The molecule has 2 aromatic carbocycles. The molecule has 0 aliphatic heterocycles. The molecule has 114 valence electrons. The second-order valence-electron chi connectivity index (χ2n) is 4.84. The van der Waals surface area contributed by atoms with E-state index in [4.69, 9.17) is 0 Å². The molecule has 0 saturated heterocycles. The van der Waals surface area contributed by atoms with Gasteiger partial charge in [0.2, 0.25) is 10.0 Å². The number of nitrogens with one attached hydrogen (secondary N) is 1. The highest BCUT2D eigenvalue weighted by Gasteiger charge is 2.24. The molecule has 0 heterocycles. The third kappa shape index (κ3) is 3.58. The smallest absolute Gasteiger partial charge is 0.241 e. The summed E-state index contributed by atoms with van der Waals surface area (Å²) in [6.45, 7) is 1.69. The highest BCUT2D eigenvalue weighted by molar-refractivity contribution is 7.99. The molecule has 0 fully saturated rings. The van der Waals surface area contributed by atoms with E-state index in [-0.39, 0.29) is 22.8 Å². The minimum atomic E-state index is -3.63. The molecule has 0 amide bonds. The molecule has 6 heteroatoms. The van der Waals surface area contributed by atoms with E-state index in [1.54, 1.807) is 25.1 Å². The number of thioether (sulfide) groups is 1. The third-order valence-electron chi connectivity index (χ3n) is 3.42. The van der Waals surface area contributed by atoms with E-state index in [1.807, 2.05) is 30.5 Å². The minimum absolute atomic E-state index is 0.0691. The molecule has 0 aliphatic rings. The van der Waals surface area contributed by atoms with Gasteiger partial charge >= 0.3 is 0 Å². The summed E-state index contributed by atoms with van der Waals surface area (Å²) < 4.78 is 27.8. The average molecular weight is 325 g/mol. The summed E-state index contributed by atoms with van der Waals surface area (Å²) in [5.74, 6) is 0. The topological polar surface area (TPSA) is 66.4 Å². The second-order valence-corrected chi connectivity index (χ2v) is 7.60. The zero-order valence-electron chi connectivity index (χ0n) is 12.0. The summed E-state index contributed by atoms with van der Waals surface area (Å²) in [6.07, 6.45) is 1.85. The van der Waals surface area contributed by atoms with Crippen molar-refractivity contribution in [3.05, 3.63) is 42.5 Å². The van der Waals surface area contributed by atoms with Gasteiger partial charge in [-0.15, -0.1) is 0 Å². The number of hydrogen-bond donors (Lipinski definition) is 2. The summed E-state index contributed by atoms with van der Waals surface area (Å²) in [6, 6.07) is 12.3.